The van der Waals surface area contributed by atoms with E-state index in [0.29, 0.717) is 5.92 Å². The molecule has 0 saturated carbocycles. The largest absolute Gasteiger partial charge is 0.370 e. The second-order valence-corrected chi connectivity index (χ2v) is 5.04. The maximum absolute atomic E-state index is 5.41. The number of fused-ring (bicyclic) bond motifs is 1. The third-order valence-electron chi connectivity index (χ3n) is 4.00. The maximum atomic E-state index is 5.41. The van der Waals surface area contributed by atoms with Crippen LogP contribution in [0.15, 0.2) is 6.07 Å². The summed E-state index contributed by atoms with van der Waals surface area (Å²) in [6, 6.07) is 2.32. The van der Waals surface area contributed by atoms with Gasteiger partial charge in [-0.1, -0.05) is 13.8 Å². The third-order valence-corrected chi connectivity index (χ3v) is 4.00. The molecule has 5 heteroatoms. The fourth-order valence-corrected chi connectivity index (χ4v) is 2.84. The van der Waals surface area contributed by atoms with Crippen molar-refractivity contribution >= 4 is 5.82 Å². The Balaban J connectivity index is 2.28. The lowest BCUT2D eigenvalue weighted by molar-refractivity contribution is -0.135. The standard InChI is InChI=1S/C14H25N3O2/c1-5-10(6-2)11-9-13-15-8-7-12(17(13)16-11)14(18-3)19-4/h9-10,12,14-15H,5-8H2,1-4H3. The Labute approximate surface area is 115 Å². The molecule has 0 aromatic carbocycles. The number of methoxy groups -OCH3 is 2. The molecule has 1 N–H and O–H groups in total. The van der Waals surface area contributed by atoms with Gasteiger partial charge >= 0.3 is 0 Å². The highest BCUT2D eigenvalue weighted by Gasteiger charge is 2.30. The Morgan fingerprint density at radius 3 is 2.63 bits per heavy atom. The van der Waals surface area contributed by atoms with Crippen LogP contribution in [-0.4, -0.2) is 36.8 Å². The van der Waals surface area contributed by atoms with Crippen molar-refractivity contribution in [1.29, 1.82) is 0 Å². The fraction of sp³-hybridized carbons (Fsp3) is 0.786. The molecule has 0 amide bonds. The topological polar surface area (TPSA) is 48.3 Å². The maximum Gasteiger partial charge on any atom is 0.179 e. The molecule has 0 saturated heterocycles. The van der Waals surface area contributed by atoms with Gasteiger partial charge in [0.25, 0.3) is 0 Å². The van der Waals surface area contributed by atoms with Crippen molar-refractivity contribution in [2.24, 2.45) is 0 Å². The van der Waals surface area contributed by atoms with Gasteiger partial charge in [0.1, 0.15) is 11.9 Å². The molecule has 1 aromatic rings. The minimum atomic E-state index is -0.240. The van der Waals surface area contributed by atoms with E-state index in [0.717, 1.165) is 31.6 Å². The molecule has 0 bridgehead atoms. The first-order valence-electron chi connectivity index (χ1n) is 7.14. The molecule has 0 spiro atoms. The number of aromatic nitrogens is 2. The summed E-state index contributed by atoms with van der Waals surface area (Å²) < 4.78 is 12.9. The van der Waals surface area contributed by atoms with Crippen molar-refractivity contribution in [3.05, 3.63) is 11.8 Å². The molecule has 1 aromatic heterocycles. The van der Waals surface area contributed by atoms with Crippen LogP contribution in [0, 0.1) is 0 Å². The Kier molecular flexibility index (Phi) is 4.82. The number of hydrogen-bond acceptors (Lipinski definition) is 4. The summed E-state index contributed by atoms with van der Waals surface area (Å²) in [5, 5.41) is 8.19. The average molecular weight is 267 g/mol. The number of nitrogens with zero attached hydrogens (tertiary/aromatic N) is 2. The van der Waals surface area contributed by atoms with Crippen LogP contribution in [0.1, 0.15) is 50.8 Å². The predicted molar refractivity (Wildman–Crippen MR) is 75.5 cm³/mol. The van der Waals surface area contributed by atoms with E-state index in [4.69, 9.17) is 14.6 Å². The Morgan fingerprint density at radius 2 is 2.05 bits per heavy atom. The first kappa shape index (κ1) is 14.3. The molecule has 5 nitrogen and oxygen atoms in total. The van der Waals surface area contributed by atoms with E-state index in [1.165, 1.54) is 5.69 Å². The van der Waals surface area contributed by atoms with Gasteiger partial charge in [-0.15, -0.1) is 0 Å². The van der Waals surface area contributed by atoms with E-state index in [9.17, 15) is 0 Å². The van der Waals surface area contributed by atoms with Crippen molar-refractivity contribution in [3.63, 3.8) is 0 Å². The number of nitrogens with one attached hydrogen (secondary N) is 1. The highest BCUT2D eigenvalue weighted by molar-refractivity contribution is 5.40. The van der Waals surface area contributed by atoms with Gasteiger partial charge in [0, 0.05) is 32.7 Å². The molecule has 1 aliphatic heterocycles. The van der Waals surface area contributed by atoms with Crippen molar-refractivity contribution in [2.75, 3.05) is 26.1 Å². The van der Waals surface area contributed by atoms with E-state index in [2.05, 4.69) is 25.2 Å². The van der Waals surface area contributed by atoms with Crippen LogP contribution < -0.4 is 5.32 Å². The molecule has 108 valence electrons. The van der Waals surface area contributed by atoms with Crippen molar-refractivity contribution in [3.8, 4) is 0 Å². The molecule has 19 heavy (non-hydrogen) atoms. The number of hydrogen-bond donors (Lipinski definition) is 1. The number of rotatable bonds is 6. The normalized spacial score (nSPS) is 18.7. The fourth-order valence-electron chi connectivity index (χ4n) is 2.84. The molecule has 0 aliphatic carbocycles. The molecule has 0 fully saturated rings. The molecule has 1 atom stereocenters. The second-order valence-electron chi connectivity index (χ2n) is 5.04. The van der Waals surface area contributed by atoms with Gasteiger partial charge in [-0.25, -0.2) is 4.68 Å². The van der Waals surface area contributed by atoms with Crippen molar-refractivity contribution in [2.45, 2.75) is 51.4 Å². The van der Waals surface area contributed by atoms with E-state index >= 15 is 0 Å². The first-order chi connectivity index (χ1) is 9.24. The molecule has 1 unspecified atom stereocenters. The van der Waals surface area contributed by atoms with Crippen molar-refractivity contribution < 1.29 is 9.47 Å². The van der Waals surface area contributed by atoms with Crippen LogP contribution in [0.4, 0.5) is 5.82 Å². The lowest BCUT2D eigenvalue weighted by atomic mass is 10.00. The number of ether oxygens (including phenoxy) is 2. The first-order valence-corrected chi connectivity index (χ1v) is 7.14. The highest BCUT2D eigenvalue weighted by Crippen LogP contribution is 2.32. The summed E-state index contributed by atoms with van der Waals surface area (Å²) >= 11 is 0. The monoisotopic (exact) mass is 267 g/mol. The smallest absolute Gasteiger partial charge is 0.179 e. The van der Waals surface area contributed by atoms with Gasteiger partial charge < -0.3 is 14.8 Å². The average Bonchev–Trinajstić information content (AvgIpc) is 2.86. The lowest BCUT2D eigenvalue weighted by Crippen LogP contribution is -2.34. The molecular formula is C14H25N3O2. The summed E-state index contributed by atoms with van der Waals surface area (Å²) in [6.07, 6.45) is 2.96. The second kappa shape index (κ2) is 6.39. The minimum absolute atomic E-state index is 0.148. The lowest BCUT2D eigenvalue weighted by Gasteiger charge is -2.30. The van der Waals surface area contributed by atoms with Crippen LogP contribution in [0.5, 0.6) is 0 Å². The van der Waals surface area contributed by atoms with E-state index in [1.807, 2.05) is 4.68 Å². The highest BCUT2D eigenvalue weighted by atomic mass is 16.7. The van der Waals surface area contributed by atoms with Gasteiger partial charge in [0.05, 0.1) is 5.69 Å². The zero-order valence-electron chi connectivity index (χ0n) is 12.3. The molecule has 1 aliphatic rings. The number of anilines is 1. The molecule has 2 rings (SSSR count). The van der Waals surface area contributed by atoms with Crippen LogP contribution in [0.25, 0.3) is 0 Å². The summed E-state index contributed by atoms with van der Waals surface area (Å²) in [7, 11) is 3.36. The summed E-state index contributed by atoms with van der Waals surface area (Å²) in [5.41, 5.74) is 1.17. The van der Waals surface area contributed by atoms with Crippen LogP contribution in [-0.2, 0) is 9.47 Å². The predicted octanol–water partition coefficient (Wildman–Crippen LogP) is 2.76. The third kappa shape index (κ3) is 2.77. The van der Waals surface area contributed by atoms with Crippen molar-refractivity contribution in [1.82, 2.24) is 9.78 Å². The Bertz CT molecular complexity index is 397. The zero-order chi connectivity index (χ0) is 13.8. The van der Waals surface area contributed by atoms with E-state index in [-0.39, 0.29) is 12.3 Å². The summed E-state index contributed by atoms with van der Waals surface area (Å²) in [5.74, 6) is 1.61. The summed E-state index contributed by atoms with van der Waals surface area (Å²) in [6.45, 7) is 5.36. The van der Waals surface area contributed by atoms with Gasteiger partial charge in [-0.2, -0.15) is 5.10 Å². The van der Waals surface area contributed by atoms with Crippen LogP contribution in [0.3, 0.4) is 0 Å². The molecular weight excluding hydrogens is 242 g/mol. The summed E-state index contributed by atoms with van der Waals surface area (Å²) in [4.78, 5) is 0. The Morgan fingerprint density at radius 1 is 1.37 bits per heavy atom. The van der Waals surface area contributed by atoms with Gasteiger partial charge in [0.2, 0.25) is 0 Å². The molecule has 0 radical (unpaired) electrons. The molecule has 2 heterocycles. The van der Waals surface area contributed by atoms with E-state index < -0.39 is 0 Å². The van der Waals surface area contributed by atoms with Gasteiger partial charge in [0.15, 0.2) is 6.29 Å². The van der Waals surface area contributed by atoms with E-state index in [1.54, 1.807) is 14.2 Å². The zero-order valence-corrected chi connectivity index (χ0v) is 12.3. The minimum Gasteiger partial charge on any atom is -0.370 e. The van der Waals surface area contributed by atoms with Gasteiger partial charge in [-0.05, 0) is 19.3 Å². The van der Waals surface area contributed by atoms with Crippen LogP contribution in [0.2, 0.25) is 0 Å². The van der Waals surface area contributed by atoms with Crippen LogP contribution >= 0.6 is 0 Å². The Hall–Kier alpha value is -1.07. The van der Waals surface area contributed by atoms with Gasteiger partial charge in [-0.3, -0.25) is 0 Å². The quantitative estimate of drug-likeness (QED) is 0.805. The SMILES string of the molecule is CCC(CC)c1cc2n(n1)C(C(OC)OC)CCN2.